The van der Waals surface area contributed by atoms with E-state index in [9.17, 15) is 10.4 Å². The lowest BCUT2D eigenvalue weighted by molar-refractivity contribution is 0.373. The molecule has 0 saturated heterocycles. The van der Waals surface area contributed by atoms with Crippen LogP contribution in [0.1, 0.15) is 11.6 Å². The number of anilines is 1. The molecule has 2 aromatic rings. The van der Waals surface area contributed by atoms with Crippen LogP contribution in [-0.4, -0.2) is 19.3 Å². The van der Waals surface area contributed by atoms with Gasteiger partial charge in [0.1, 0.15) is 11.8 Å². The Balaban J connectivity index is 2.30. The van der Waals surface area contributed by atoms with Gasteiger partial charge in [0, 0.05) is 0 Å². The van der Waals surface area contributed by atoms with Crippen molar-refractivity contribution in [3.8, 4) is 23.3 Å². The Morgan fingerprint density at radius 3 is 2.48 bits per heavy atom. The molecule has 0 aliphatic heterocycles. The predicted molar refractivity (Wildman–Crippen MR) is 79.6 cm³/mol. The lowest BCUT2D eigenvalue weighted by Gasteiger charge is -2.16. The summed E-state index contributed by atoms with van der Waals surface area (Å²) in [7, 11) is 3.04. The van der Waals surface area contributed by atoms with Gasteiger partial charge in [-0.05, 0) is 29.8 Å². The molecule has 1 unspecified atom stereocenters. The highest BCUT2D eigenvalue weighted by Gasteiger charge is 2.14. The Morgan fingerprint density at radius 1 is 1.10 bits per heavy atom. The van der Waals surface area contributed by atoms with Crippen molar-refractivity contribution in [3.05, 3.63) is 48.0 Å². The minimum absolute atomic E-state index is 0.0373. The fourth-order valence-electron chi connectivity index (χ4n) is 1.98. The second-order valence-electron chi connectivity index (χ2n) is 4.34. The van der Waals surface area contributed by atoms with Crippen molar-refractivity contribution in [1.82, 2.24) is 0 Å². The monoisotopic (exact) mass is 284 g/mol. The molecule has 1 atom stereocenters. The number of nitriles is 1. The highest BCUT2D eigenvalue weighted by molar-refractivity contribution is 5.59. The molecule has 0 aliphatic rings. The number of para-hydroxylation sites is 2. The van der Waals surface area contributed by atoms with Gasteiger partial charge in [0.05, 0.1) is 26.0 Å². The first-order valence-corrected chi connectivity index (χ1v) is 6.35. The van der Waals surface area contributed by atoms with Crippen LogP contribution < -0.4 is 14.8 Å². The van der Waals surface area contributed by atoms with Crippen molar-refractivity contribution in [2.24, 2.45) is 0 Å². The average Bonchev–Trinajstić information content (AvgIpc) is 2.53. The quantitative estimate of drug-likeness (QED) is 0.882. The van der Waals surface area contributed by atoms with Crippen LogP contribution in [0.4, 0.5) is 5.69 Å². The van der Waals surface area contributed by atoms with E-state index in [2.05, 4.69) is 11.4 Å². The highest BCUT2D eigenvalue weighted by atomic mass is 16.5. The molecule has 0 bridgehead atoms. The maximum Gasteiger partial charge on any atom is 0.160 e. The number of ether oxygens (including phenoxy) is 2. The zero-order valence-corrected chi connectivity index (χ0v) is 11.8. The third-order valence-corrected chi connectivity index (χ3v) is 3.07. The van der Waals surface area contributed by atoms with Gasteiger partial charge in [-0.25, -0.2) is 0 Å². The number of nitrogens with one attached hydrogen (secondary N) is 1. The smallest absolute Gasteiger partial charge is 0.160 e. The molecule has 0 aromatic heterocycles. The fraction of sp³-hybridized carbons (Fsp3) is 0.188. The van der Waals surface area contributed by atoms with Gasteiger partial charge in [0.2, 0.25) is 0 Å². The lowest BCUT2D eigenvalue weighted by Crippen LogP contribution is -2.09. The summed E-state index contributed by atoms with van der Waals surface area (Å²) in [5.74, 6) is 1.02. The Hall–Kier alpha value is -2.87. The minimum atomic E-state index is -0.587. The Morgan fingerprint density at radius 2 is 1.81 bits per heavy atom. The van der Waals surface area contributed by atoms with Crippen LogP contribution in [0.25, 0.3) is 0 Å². The molecule has 2 rings (SSSR count). The molecule has 5 nitrogen and oxygen atoms in total. The number of benzene rings is 2. The number of methoxy groups -OCH3 is 2. The standard InChI is InChI=1S/C16H16N2O3/c1-20-15-6-4-3-5-12(15)18-13(10-17)11-7-8-14(19)16(9-11)21-2/h3-9,13,18-19H,1-2H3. The number of hydrogen-bond acceptors (Lipinski definition) is 5. The van der Waals surface area contributed by atoms with Crippen LogP contribution >= 0.6 is 0 Å². The molecule has 0 spiro atoms. The molecule has 2 N–H and O–H groups in total. The number of nitrogens with zero attached hydrogens (tertiary/aromatic N) is 1. The summed E-state index contributed by atoms with van der Waals surface area (Å²) in [6, 6.07) is 13.8. The summed E-state index contributed by atoms with van der Waals surface area (Å²) in [5, 5.41) is 22.1. The second kappa shape index (κ2) is 6.53. The van der Waals surface area contributed by atoms with E-state index in [0.717, 1.165) is 5.69 Å². The van der Waals surface area contributed by atoms with E-state index < -0.39 is 6.04 Å². The Kier molecular flexibility index (Phi) is 4.52. The molecule has 0 amide bonds. The van der Waals surface area contributed by atoms with Crippen molar-refractivity contribution in [1.29, 1.82) is 5.26 Å². The van der Waals surface area contributed by atoms with Gasteiger partial charge in [-0.1, -0.05) is 18.2 Å². The first-order valence-electron chi connectivity index (χ1n) is 6.35. The maximum atomic E-state index is 9.61. The van der Waals surface area contributed by atoms with Crippen LogP contribution in [0.3, 0.4) is 0 Å². The van der Waals surface area contributed by atoms with Gasteiger partial charge < -0.3 is 19.9 Å². The van der Waals surface area contributed by atoms with Gasteiger partial charge in [-0.2, -0.15) is 5.26 Å². The van der Waals surface area contributed by atoms with Crippen molar-refractivity contribution < 1.29 is 14.6 Å². The molecule has 2 aromatic carbocycles. The van der Waals surface area contributed by atoms with E-state index in [-0.39, 0.29) is 5.75 Å². The van der Waals surface area contributed by atoms with Gasteiger partial charge in [-0.3, -0.25) is 0 Å². The molecule has 0 heterocycles. The Labute approximate surface area is 123 Å². The van der Waals surface area contributed by atoms with Crippen LogP contribution in [0, 0.1) is 11.3 Å². The number of hydrogen-bond donors (Lipinski definition) is 2. The molecule has 0 saturated carbocycles. The lowest BCUT2D eigenvalue weighted by atomic mass is 10.1. The minimum Gasteiger partial charge on any atom is -0.504 e. The average molecular weight is 284 g/mol. The SMILES string of the molecule is COc1cc(C(C#N)Nc2ccccc2OC)ccc1O. The van der Waals surface area contributed by atoms with E-state index in [0.29, 0.717) is 17.1 Å². The normalized spacial score (nSPS) is 11.3. The van der Waals surface area contributed by atoms with E-state index in [4.69, 9.17) is 9.47 Å². The summed E-state index contributed by atoms with van der Waals surface area (Å²) < 4.78 is 10.3. The summed E-state index contributed by atoms with van der Waals surface area (Å²) in [6.07, 6.45) is 0. The largest absolute Gasteiger partial charge is 0.504 e. The molecule has 108 valence electrons. The van der Waals surface area contributed by atoms with Crippen LogP contribution in [-0.2, 0) is 0 Å². The number of phenolic OH excluding ortho intramolecular Hbond substituents is 1. The zero-order valence-electron chi connectivity index (χ0n) is 11.8. The van der Waals surface area contributed by atoms with Crippen LogP contribution in [0.15, 0.2) is 42.5 Å². The first kappa shape index (κ1) is 14.5. The molecule has 21 heavy (non-hydrogen) atoms. The number of phenols is 1. The summed E-state index contributed by atoms with van der Waals surface area (Å²) in [5.41, 5.74) is 1.41. The van der Waals surface area contributed by atoms with E-state index in [1.54, 1.807) is 19.2 Å². The summed E-state index contributed by atoms with van der Waals surface area (Å²) >= 11 is 0. The highest BCUT2D eigenvalue weighted by Crippen LogP contribution is 2.32. The molecular formula is C16H16N2O3. The van der Waals surface area contributed by atoms with Crippen LogP contribution in [0.5, 0.6) is 17.2 Å². The number of aromatic hydroxyl groups is 1. The van der Waals surface area contributed by atoms with Crippen LogP contribution in [0.2, 0.25) is 0 Å². The van der Waals surface area contributed by atoms with Gasteiger partial charge in [0.25, 0.3) is 0 Å². The molecule has 0 aliphatic carbocycles. The van der Waals surface area contributed by atoms with Gasteiger partial charge >= 0.3 is 0 Å². The van der Waals surface area contributed by atoms with E-state index >= 15 is 0 Å². The topological polar surface area (TPSA) is 74.5 Å². The van der Waals surface area contributed by atoms with Crippen molar-refractivity contribution in [3.63, 3.8) is 0 Å². The number of rotatable bonds is 5. The fourth-order valence-corrected chi connectivity index (χ4v) is 1.98. The van der Waals surface area contributed by atoms with Gasteiger partial charge in [0.15, 0.2) is 11.5 Å². The molecular weight excluding hydrogens is 268 g/mol. The maximum absolute atomic E-state index is 9.61. The van der Waals surface area contributed by atoms with E-state index in [1.807, 2.05) is 24.3 Å². The molecule has 0 fully saturated rings. The molecule has 5 heteroatoms. The zero-order chi connectivity index (χ0) is 15.2. The third-order valence-electron chi connectivity index (χ3n) is 3.07. The van der Waals surface area contributed by atoms with Gasteiger partial charge in [-0.15, -0.1) is 0 Å². The Bertz CT molecular complexity index is 665. The second-order valence-corrected chi connectivity index (χ2v) is 4.34. The third kappa shape index (κ3) is 3.18. The summed E-state index contributed by atoms with van der Waals surface area (Å²) in [4.78, 5) is 0. The first-order chi connectivity index (χ1) is 10.2. The van der Waals surface area contributed by atoms with E-state index in [1.165, 1.54) is 13.2 Å². The summed E-state index contributed by atoms with van der Waals surface area (Å²) in [6.45, 7) is 0. The van der Waals surface area contributed by atoms with Crippen molar-refractivity contribution in [2.75, 3.05) is 19.5 Å². The van der Waals surface area contributed by atoms with Crippen molar-refractivity contribution in [2.45, 2.75) is 6.04 Å². The predicted octanol–water partition coefficient (Wildman–Crippen LogP) is 3.09. The van der Waals surface area contributed by atoms with Crippen molar-refractivity contribution >= 4 is 5.69 Å². The molecule has 0 radical (unpaired) electrons.